The molecule has 1 saturated heterocycles. The van der Waals surface area contributed by atoms with Crippen molar-refractivity contribution in [2.75, 3.05) is 13.6 Å². The third kappa shape index (κ3) is 5.29. The molecule has 6 rings (SSSR count). The summed E-state index contributed by atoms with van der Waals surface area (Å²) < 4.78 is 1.70. The fourth-order valence-electron chi connectivity index (χ4n) is 5.22. The van der Waals surface area contributed by atoms with Crippen molar-refractivity contribution in [2.45, 2.75) is 31.0 Å². The first-order valence-corrected chi connectivity index (χ1v) is 14.3. The Bertz CT molecular complexity index is 1780. The third-order valence-corrected chi connectivity index (χ3v) is 8.40. The molecule has 1 aliphatic rings. The van der Waals surface area contributed by atoms with Crippen LogP contribution >= 0.6 is 22.9 Å². The van der Waals surface area contributed by atoms with Crippen LogP contribution in [0.4, 0.5) is 0 Å². The first-order chi connectivity index (χ1) is 19.8. The van der Waals surface area contributed by atoms with E-state index in [1.165, 1.54) is 18.4 Å². The molecule has 11 nitrogen and oxygen atoms in total. The summed E-state index contributed by atoms with van der Waals surface area (Å²) in [4.78, 5) is 53.3. The van der Waals surface area contributed by atoms with E-state index in [2.05, 4.69) is 25.6 Å². The molecule has 0 unspecified atom stereocenters. The molecular formula is C28H27ClN8O3S. The van der Waals surface area contributed by atoms with Gasteiger partial charge in [0.2, 0.25) is 5.91 Å². The van der Waals surface area contributed by atoms with Crippen LogP contribution in [-0.2, 0) is 11.2 Å². The molecular weight excluding hydrogens is 564 g/mol. The monoisotopic (exact) mass is 590 g/mol. The van der Waals surface area contributed by atoms with Gasteiger partial charge in [-0.2, -0.15) is 0 Å². The summed E-state index contributed by atoms with van der Waals surface area (Å²) in [5.74, 6) is -1.06. The number of likely N-dealkylation sites (N-methyl/N-ethyl adjacent to an activating group) is 1. The predicted molar refractivity (Wildman–Crippen MR) is 156 cm³/mol. The Morgan fingerprint density at radius 2 is 2.00 bits per heavy atom. The maximum absolute atomic E-state index is 13.5. The van der Waals surface area contributed by atoms with Crippen LogP contribution in [0.2, 0.25) is 5.02 Å². The number of imidazole rings is 1. The van der Waals surface area contributed by atoms with Crippen LogP contribution in [0.5, 0.6) is 0 Å². The molecule has 13 heteroatoms. The lowest BCUT2D eigenvalue weighted by Crippen LogP contribution is -2.47. The highest BCUT2D eigenvalue weighted by atomic mass is 35.5. The maximum Gasteiger partial charge on any atom is 0.274 e. The number of carbonyl (C=O) groups excluding carboxylic acids is 3. The van der Waals surface area contributed by atoms with E-state index < -0.39 is 18.0 Å². The zero-order chi connectivity index (χ0) is 28.7. The molecule has 0 aliphatic carbocycles. The quantitative estimate of drug-likeness (QED) is 0.229. The van der Waals surface area contributed by atoms with Gasteiger partial charge < -0.3 is 30.7 Å². The number of benzene rings is 1. The molecule has 0 spiro atoms. The van der Waals surface area contributed by atoms with E-state index in [0.29, 0.717) is 35.1 Å². The molecule has 4 aromatic heterocycles. The number of rotatable bonds is 7. The number of para-hydroxylation sites is 1. The highest BCUT2D eigenvalue weighted by Crippen LogP contribution is 2.34. The number of carbonyl (C=O) groups is 3. The van der Waals surface area contributed by atoms with Gasteiger partial charge in [-0.25, -0.2) is 9.97 Å². The van der Waals surface area contributed by atoms with E-state index in [1.54, 1.807) is 39.2 Å². The molecule has 1 aromatic carbocycles. The Morgan fingerprint density at radius 1 is 1.17 bits per heavy atom. The van der Waals surface area contributed by atoms with Gasteiger partial charge in [0.1, 0.15) is 28.1 Å². The minimum absolute atomic E-state index is 0.174. The summed E-state index contributed by atoms with van der Waals surface area (Å²) in [7, 11) is 1.53. The first-order valence-electron chi connectivity index (χ1n) is 13.0. The lowest BCUT2D eigenvalue weighted by Gasteiger charge is -2.22. The number of thiazole rings is 1. The molecule has 0 radical (unpaired) electrons. The molecule has 5 aromatic rings. The van der Waals surface area contributed by atoms with Crippen LogP contribution in [0.1, 0.15) is 44.0 Å². The van der Waals surface area contributed by atoms with Crippen molar-refractivity contribution in [3.05, 3.63) is 87.4 Å². The number of nitrogens with zero attached hydrogens (tertiary/aromatic N) is 4. The minimum Gasteiger partial charge on any atom is -0.361 e. The number of halogens is 1. The number of nitrogens with two attached hydrogens (primary N) is 1. The zero-order valence-electron chi connectivity index (χ0n) is 22.0. The van der Waals surface area contributed by atoms with E-state index >= 15 is 0 Å². The third-order valence-electron chi connectivity index (χ3n) is 7.24. The van der Waals surface area contributed by atoms with Gasteiger partial charge in [-0.3, -0.25) is 14.4 Å². The van der Waals surface area contributed by atoms with E-state index in [0.717, 1.165) is 16.5 Å². The van der Waals surface area contributed by atoms with Crippen molar-refractivity contribution in [1.82, 2.24) is 34.9 Å². The number of aromatic amines is 1. The zero-order valence-corrected chi connectivity index (χ0v) is 23.6. The SMILES string of the molecule is CNC(=O)[C@H](Cc1c[nH]c2ccccc12)NC(=O)c1csc([C@@H]2C[C@@H](N)CN2C(=O)c2cn3cc(Cl)ccc3n2)n1. The molecule has 1 aliphatic heterocycles. The number of likely N-dealkylation sites (tertiary alicyclic amines) is 1. The summed E-state index contributed by atoms with van der Waals surface area (Å²) in [5.41, 5.74) is 9.18. The summed E-state index contributed by atoms with van der Waals surface area (Å²) in [6.07, 6.45) is 5.97. The Morgan fingerprint density at radius 3 is 2.83 bits per heavy atom. The summed E-state index contributed by atoms with van der Waals surface area (Å²) in [6.45, 7) is 0.336. The standard InChI is InChI=1S/C28H27ClN8O3S/c1-31-25(38)20(8-15-10-32-19-5-3-2-4-18(15)19)34-26(39)22-14-41-27(35-22)23-9-17(30)12-37(23)28(40)21-13-36-11-16(29)6-7-24(36)33-21/h2-7,10-11,13-14,17,20,23,32H,8-9,12,30H2,1H3,(H,31,38)(H,34,39)/t17-,20+,23+/m1/s1. The second-order valence-electron chi connectivity index (χ2n) is 9.98. The predicted octanol–water partition coefficient (Wildman–Crippen LogP) is 2.93. The number of amides is 3. The molecule has 0 saturated carbocycles. The highest BCUT2D eigenvalue weighted by Gasteiger charge is 2.38. The van der Waals surface area contributed by atoms with Crippen molar-refractivity contribution >= 4 is 57.2 Å². The van der Waals surface area contributed by atoms with Crippen molar-refractivity contribution in [3.8, 4) is 0 Å². The highest BCUT2D eigenvalue weighted by molar-refractivity contribution is 7.09. The number of nitrogens with one attached hydrogen (secondary N) is 3. The lowest BCUT2D eigenvalue weighted by molar-refractivity contribution is -0.122. The van der Waals surface area contributed by atoms with Crippen molar-refractivity contribution in [2.24, 2.45) is 5.73 Å². The average Bonchev–Trinajstić information content (AvgIpc) is 3.77. The fraction of sp³-hybridized carbons (Fsp3) is 0.250. The van der Waals surface area contributed by atoms with Crippen LogP contribution in [0, 0.1) is 0 Å². The smallest absolute Gasteiger partial charge is 0.274 e. The van der Waals surface area contributed by atoms with Gasteiger partial charge in [-0.05, 0) is 30.2 Å². The fourth-order valence-corrected chi connectivity index (χ4v) is 6.31. The van der Waals surface area contributed by atoms with E-state index in [9.17, 15) is 14.4 Å². The number of fused-ring (bicyclic) bond motifs is 2. The van der Waals surface area contributed by atoms with Gasteiger partial charge >= 0.3 is 0 Å². The average molecular weight is 591 g/mol. The van der Waals surface area contributed by atoms with Crippen LogP contribution in [-0.4, -0.2) is 67.7 Å². The largest absolute Gasteiger partial charge is 0.361 e. The molecule has 1 fully saturated rings. The molecule has 0 bridgehead atoms. The topological polar surface area (TPSA) is 151 Å². The summed E-state index contributed by atoms with van der Waals surface area (Å²) in [5, 5.41) is 9.21. The normalized spacial score (nSPS) is 17.7. The molecule has 210 valence electrons. The Kier molecular flexibility index (Phi) is 7.20. The Balaban J connectivity index is 1.20. The van der Waals surface area contributed by atoms with E-state index in [1.807, 2.05) is 30.5 Å². The molecule has 3 amide bonds. The second kappa shape index (κ2) is 11.0. The lowest BCUT2D eigenvalue weighted by atomic mass is 10.0. The van der Waals surface area contributed by atoms with Gasteiger partial charge in [0.15, 0.2) is 0 Å². The number of pyridine rings is 1. The van der Waals surface area contributed by atoms with Gasteiger partial charge in [-0.1, -0.05) is 29.8 Å². The van der Waals surface area contributed by atoms with Crippen molar-refractivity contribution < 1.29 is 14.4 Å². The second-order valence-corrected chi connectivity index (χ2v) is 11.3. The van der Waals surface area contributed by atoms with Gasteiger partial charge in [0.25, 0.3) is 11.8 Å². The molecule has 5 N–H and O–H groups in total. The minimum atomic E-state index is -0.807. The molecule has 3 atom stereocenters. The maximum atomic E-state index is 13.5. The Labute approximate surface area is 243 Å². The van der Waals surface area contributed by atoms with Crippen LogP contribution in [0.25, 0.3) is 16.6 Å². The van der Waals surface area contributed by atoms with Gasteiger partial charge in [-0.15, -0.1) is 11.3 Å². The van der Waals surface area contributed by atoms with Gasteiger partial charge in [0.05, 0.1) is 11.1 Å². The molecule has 5 heterocycles. The van der Waals surface area contributed by atoms with Gasteiger partial charge in [0, 0.05) is 60.9 Å². The number of aromatic nitrogens is 4. The van der Waals surface area contributed by atoms with E-state index in [4.69, 9.17) is 17.3 Å². The first kappa shape index (κ1) is 26.9. The number of H-pyrrole nitrogens is 1. The van der Waals surface area contributed by atoms with Crippen LogP contribution in [0.15, 0.2) is 60.4 Å². The molecule has 41 heavy (non-hydrogen) atoms. The van der Waals surface area contributed by atoms with E-state index in [-0.39, 0.29) is 29.2 Å². The summed E-state index contributed by atoms with van der Waals surface area (Å²) >= 11 is 7.36. The van der Waals surface area contributed by atoms with Crippen molar-refractivity contribution in [3.63, 3.8) is 0 Å². The number of hydrogen-bond acceptors (Lipinski definition) is 7. The Hall–Kier alpha value is -4.26. The number of hydrogen-bond donors (Lipinski definition) is 4. The van der Waals surface area contributed by atoms with Crippen LogP contribution in [0.3, 0.4) is 0 Å². The van der Waals surface area contributed by atoms with Crippen molar-refractivity contribution in [1.29, 1.82) is 0 Å². The van der Waals surface area contributed by atoms with Crippen LogP contribution < -0.4 is 16.4 Å². The summed E-state index contributed by atoms with van der Waals surface area (Å²) in [6, 6.07) is 9.78.